The number of rotatable bonds is 8. The fourth-order valence-corrected chi connectivity index (χ4v) is 2.58. The van der Waals surface area contributed by atoms with Crippen molar-refractivity contribution in [1.82, 2.24) is 10.8 Å². The Morgan fingerprint density at radius 1 is 1.36 bits per heavy atom. The van der Waals surface area contributed by atoms with Crippen molar-refractivity contribution < 1.29 is 33.1 Å². The third-order valence-corrected chi connectivity index (χ3v) is 4.00. The summed E-state index contributed by atoms with van der Waals surface area (Å²) in [7, 11) is 1.28. The zero-order valence-corrected chi connectivity index (χ0v) is 15.3. The molecule has 8 nitrogen and oxygen atoms in total. The van der Waals surface area contributed by atoms with Crippen molar-refractivity contribution in [3.05, 3.63) is 47.2 Å². The van der Waals surface area contributed by atoms with E-state index in [-0.39, 0.29) is 36.1 Å². The van der Waals surface area contributed by atoms with Crippen molar-refractivity contribution in [3.63, 3.8) is 0 Å². The van der Waals surface area contributed by atoms with Crippen molar-refractivity contribution in [2.75, 3.05) is 20.3 Å². The fourth-order valence-electron chi connectivity index (χ4n) is 2.58. The maximum absolute atomic E-state index is 13.3. The Labute approximate surface area is 160 Å². The van der Waals surface area contributed by atoms with Crippen LogP contribution in [0, 0.1) is 23.0 Å². The minimum atomic E-state index is -1.97. The third kappa shape index (κ3) is 5.57. The van der Waals surface area contributed by atoms with Gasteiger partial charge in [0.05, 0.1) is 13.7 Å². The first-order valence-electron chi connectivity index (χ1n) is 8.35. The van der Waals surface area contributed by atoms with Crippen molar-refractivity contribution in [2.24, 2.45) is 5.92 Å². The van der Waals surface area contributed by atoms with Gasteiger partial charge in [-0.2, -0.15) is 0 Å². The minimum Gasteiger partial charge on any atom is -0.487 e. The molecule has 0 radical (unpaired) electrons. The molecule has 1 heterocycles. The molecule has 1 aliphatic heterocycles. The standard InChI is InChI=1S/C18H21F2N3O5/c1-18(26,7-14(21)11-4-12(19)6-13(20)5-11)17(25)22-8-10-3-15(28-9-10)16(24)23-27-2/h3-6,10,21,26H,7-9H2,1-2H3,(H,22,25)(H,23,24)/t10-,18?/m0/s1. The predicted molar refractivity (Wildman–Crippen MR) is 94.1 cm³/mol. The Kier molecular flexibility index (Phi) is 6.81. The van der Waals surface area contributed by atoms with E-state index in [1.54, 1.807) is 0 Å². The summed E-state index contributed by atoms with van der Waals surface area (Å²) in [6.45, 7) is 1.44. The van der Waals surface area contributed by atoms with E-state index in [1.165, 1.54) is 20.1 Å². The summed E-state index contributed by atoms with van der Waals surface area (Å²) in [6.07, 6.45) is 1.07. The topological polar surface area (TPSA) is 121 Å². The summed E-state index contributed by atoms with van der Waals surface area (Å²) in [4.78, 5) is 28.3. The van der Waals surface area contributed by atoms with Crippen molar-refractivity contribution in [2.45, 2.75) is 18.9 Å². The van der Waals surface area contributed by atoms with Gasteiger partial charge in [-0.05, 0) is 25.1 Å². The molecular weight excluding hydrogens is 376 g/mol. The Hall–Kier alpha value is -2.85. The van der Waals surface area contributed by atoms with E-state index in [0.717, 1.165) is 12.1 Å². The lowest BCUT2D eigenvalue weighted by atomic mass is 9.94. The zero-order valence-electron chi connectivity index (χ0n) is 15.3. The second-order valence-electron chi connectivity index (χ2n) is 6.53. The SMILES string of the molecule is CONC(=O)C1=C[C@@H](CNC(=O)C(C)(O)CC(=N)c2cc(F)cc(F)c2)CO1. The Bertz CT molecular complexity index is 790. The molecular formula is C18H21F2N3O5. The fraction of sp³-hybridized carbons (Fsp3) is 0.389. The maximum atomic E-state index is 13.3. The Balaban J connectivity index is 1.92. The number of aliphatic hydroxyl groups is 1. The van der Waals surface area contributed by atoms with Crippen LogP contribution in [0.1, 0.15) is 18.9 Å². The molecule has 152 valence electrons. The van der Waals surface area contributed by atoms with Gasteiger partial charge in [-0.3, -0.25) is 14.4 Å². The molecule has 0 fully saturated rings. The van der Waals surface area contributed by atoms with Gasteiger partial charge in [-0.15, -0.1) is 0 Å². The molecule has 2 atom stereocenters. The van der Waals surface area contributed by atoms with Crippen LogP contribution in [0.4, 0.5) is 8.78 Å². The van der Waals surface area contributed by atoms with Crippen molar-refractivity contribution >= 4 is 17.5 Å². The van der Waals surface area contributed by atoms with Crippen LogP contribution in [0.25, 0.3) is 0 Å². The third-order valence-electron chi connectivity index (χ3n) is 4.00. The van der Waals surface area contributed by atoms with Gasteiger partial charge in [0.2, 0.25) is 0 Å². The lowest BCUT2D eigenvalue weighted by Gasteiger charge is -2.23. The van der Waals surface area contributed by atoms with Crippen LogP contribution in [-0.2, 0) is 19.2 Å². The van der Waals surface area contributed by atoms with E-state index >= 15 is 0 Å². The summed E-state index contributed by atoms with van der Waals surface area (Å²) in [6, 6.07) is 2.57. The maximum Gasteiger partial charge on any atom is 0.309 e. The van der Waals surface area contributed by atoms with Crippen LogP contribution in [-0.4, -0.2) is 48.5 Å². The first-order chi connectivity index (χ1) is 13.1. The summed E-state index contributed by atoms with van der Waals surface area (Å²) in [5.41, 5.74) is -0.221. The molecule has 0 saturated heterocycles. The smallest absolute Gasteiger partial charge is 0.309 e. The van der Waals surface area contributed by atoms with Gasteiger partial charge in [0, 0.05) is 36.2 Å². The number of carbonyl (C=O) groups excluding carboxylic acids is 2. The average molecular weight is 397 g/mol. The van der Waals surface area contributed by atoms with Crippen LogP contribution in [0.15, 0.2) is 30.0 Å². The monoisotopic (exact) mass is 397 g/mol. The molecule has 4 N–H and O–H groups in total. The lowest BCUT2D eigenvalue weighted by Crippen LogP contribution is -2.47. The molecule has 1 aromatic carbocycles. The summed E-state index contributed by atoms with van der Waals surface area (Å²) < 4.78 is 31.7. The van der Waals surface area contributed by atoms with Gasteiger partial charge < -0.3 is 20.6 Å². The lowest BCUT2D eigenvalue weighted by molar-refractivity contribution is -0.137. The van der Waals surface area contributed by atoms with Crippen molar-refractivity contribution in [3.8, 4) is 0 Å². The highest BCUT2D eigenvalue weighted by molar-refractivity contribution is 6.02. The normalized spacial score (nSPS) is 17.9. The largest absolute Gasteiger partial charge is 0.487 e. The molecule has 2 amide bonds. The van der Waals surface area contributed by atoms with Crippen molar-refractivity contribution in [1.29, 1.82) is 5.41 Å². The highest BCUT2D eigenvalue weighted by Gasteiger charge is 2.33. The van der Waals surface area contributed by atoms with Gasteiger partial charge in [-0.25, -0.2) is 14.3 Å². The molecule has 28 heavy (non-hydrogen) atoms. The molecule has 0 bridgehead atoms. The molecule has 1 aromatic rings. The Morgan fingerprint density at radius 2 is 2.00 bits per heavy atom. The number of nitrogens with one attached hydrogen (secondary N) is 3. The first-order valence-corrected chi connectivity index (χ1v) is 8.35. The van der Waals surface area contributed by atoms with Gasteiger partial charge in [0.15, 0.2) is 5.76 Å². The van der Waals surface area contributed by atoms with E-state index in [4.69, 9.17) is 10.1 Å². The van der Waals surface area contributed by atoms with Gasteiger partial charge in [0.1, 0.15) is 17.2 Å². The number of ether oxygens (including phenoxy) is 1. The van der Waals surface area contributed by atoms with Crippen LogP contribution in [0.5, 0.6) is 0 Å². The second kappa shape index (κ2) is 8.89. The summed E-state index contributed by atoms with van der Waals surface area (Å²) in [5, 5.41) is 20.8. The molecule has 0 spiro atoms. The van der Waals surface area contributed by atoms with E-state index in [2.05, 4.69) is 15.6 Å². The molecule has 0 aromatic heterocycles. The van der Waals surface area contributed by atoms with E-state index in [9.17, 15) is 23.5 Å². The number of hydrogen-bond donors (Lipinski definition) is 4. The number of hydroxylamine groups is 1. The quantitative estimate of drug-likeness (QED) is 0.382. The van der Waals surface area contributed by atoms with E-state index in [0.29, 0.717) is 6.07 Å². The average Bonchev–Trinajstić information content (AvgIpc) is 3.07. The van der Waals surface area contributed by atoms with Crippen LogP contribution in [0.3, 0.4) is 0 Å². The number of amides is 2. The predicted octanol–water partition coefficient (Wildman–Crippen LogP) is 0.798. The van der Waals surface area contributed by atoms with E-state index in [1.807, 2.05) is 0 Å². The molecule has 1 aliphatic rings. The van der Waals surface area contributed by atoms with Gasteiger partial charge in [-0.1, -0.05) is 0 Å². The number of halogens is 2. The van der Waals surface area contributed by atoms with Gasteiger partial charge >= 0.3 is 5.91 Å². The highest BCUT2D eigenvalue weighted by Crippen LogP contribution is 2.18. The molecule has 10 heteroatoms. The minimum absolute atomic E-state index is 0.0581. The van der Waals surface area contributed by atoms with Crippen LogP contribution < -0.4 is 10.8 Å². The zero-order chi connectivity index (χ0) is 20.9. The molecule has 0 saturated carbocycles. The number of benzene rings is 1. The molecule has 0 aliphatic carbocycles. The molecule has 1 unspecified atom stereocenters. The van der Waals surface area contributed by atoms with Gasteiger partial charge in [0.25, 0.3) is 5.91 Å². The number of hydrogen-bond acceptors (Lipinski definition) is 6. The number of carbonyl (C=O) groups is 2. The summed E-state index contributed by atoms with van der Waals surface area (Å²) in [5.74, 6) is -3.27. The van der Waals surface area contributed by atoms with Crippen LogP contribution in [0.2, 0.25) is 0 Å². The Morgan fingerprint density at radius 3 is 2.61 bits per heavy atom. The summed E-state index contributed by atoms with van der Waals surface area (Å²) >= 11 is 0. The molecule has 2 rings (SSSR count). The van der Waals surface area contributed by atoms with Crippen LogP contribution >= 0.6 is 0 Å². The highest BCUT2D eigenvalue weighted by atomic mass is 19.1. The second-order valence-corrected chi connectivity index (χ2v) is 6.53. The first kappa shape index (κ1) is 21.5. The van der Waals surface area contributed by atoms with E-state index < -0.39 is 35.5 Å².